The highest BCUT2D eigenvalue weighted by atomic mass is 16.3. The molecule has 3 N–H and O–H groups in total. The first-order valence-corrected chi connectivity index (χ1v) is 8.39. The van der Waals surface area contributed by atoms with Crippen LogP contribution in [0.15, 0.2) is 24.5 Å². The standard InChI is InChI=1S/C17H28N4O2/c1-13-5-9-21(10-6-13)12-16(22)11-19-17(23)20-14(2)15-3-7-18-8-4-15/h3-4,7-8,13-14,16,22H,5-6,9-12H2,1-2H3,(H2,19,20,23). The lowest BCUT2D eigenvalue weighted by Crippen LogP contribution is -2.45. The first-order chi connectivity index (χ1) is 11.0. The molecular weight excluding hydrogens is 292 g/mol. The Balaban J connectivity index is 1.65. The number of rotatable bonds is 6. The molecule has 0 saturated carbocycles. The van der Waals surface area contributed by atoms with E-state index < -0.39 is 6.10 Å². The van der Waals surface area contributed by atoms with E-state index in [1.54, 1.807) is 12.4 Å². The molecule has 0 bridgehead atoms. The molecular formula is C17H28N4O2. The van der Waals surface area contributed by atoms with Gasteiger partial charge in [-0.05, 0) is 56.5 Å². The fourth-order valence-corrected chi connectivity index (χ4v) is 2.80. The number of nitrogens with one attached hydrogen (secondary N) is 2. The highest BCUT2D eigenvalue weighted by Crippen LogP contribution is 2.15. The van der Waals surface area contributed by atoms with Gasteiger partial charge in [0, 0.05) is 25.5 Å². The third-order valence-corrected chi connectivity index (χ3v) is 4.40. The van der Waals surface area contributed by atoms with Crippen molar-refractivity contribution in [2.24, 2.45) is 5.92 Å². The van der Waals surface area contributed by atoms with Gasteiger partial charge in [0.05, 0.1) is 12.1 Å². The van der Waals surface area contributed by atoms with Crippen LogP contribution < -0.4 is 10.6 Å². The van der Waals surface area contributed by atoms with E-state index in [2.05, 4.69) is 27.4 Å². The summed E-state index contributed by atoms with van der Waals surface area (Å²) < 4.78 is 0. The summed E-state index contributed by atoms with van der Waals surface area (Å²) in [5.41, 5.74) is 0.998. The second kappa shape index (κ2) is 8.84. The average molecular weight is 320 g/mol. The fraction of sp³-hybridized carbons (Fsp3) is 0.647. The Morgan fingerprint density at radius 1 is 1.39 bits per heavy atom. The zero-order chi connectivity index (χ0) is 16.7. The van der Waals surface area contributed by atoms with E-state index in [0.717, 1.165) is 24.6 Å². The third-order valence-electron chi connectivity index (χ3n) is 4.40. The molecule has 0 spiro atoms. The van der Waals surface area contributed by atoms with Gasteiger partial charge in [-0.25, -0.2) is 4.79 Å². The quantitative estimate of drug-likeness (QED) is 0.743. The van der Waals surface area contributed by atoms with Crippen molar-refractivity contribution in [3.05, 3.63) is 30.1 Å². The Kier molecular flexibility index (Phi) is 6.80. The second-order valence-corrected chi connectivity index (χ2v) is 6.49. The molecule has 128 valence electrons. The first kappa shape index (κ1) is 17.7. The summed E-state index contributed by atoms with van der Waals surface area (Å²) >= 11 is 0. The number of pyridine rings is 1. The maximum atomic E-state index is 11.9. The third kappa shape index (κ3) is 6.15. The van der Waals surface area contributed by atoms with Crippen molar-refractivity contribution in [1.29, 1.82) is 0 Å². The molecule has 1 aliphatic heterocycles. The Labute approximate surface area is 138 Å². The Morgan fingerprint density at radius 3 is 2.70 bits per heavy atom. The van der Waals surface area contributed by atoms with E-state index in [0.29, 0.717) is 6.54 Å². The number of urea groups is 1. The van der Waals surface area contributed by atoms with Gasteiger partial charge in [0.1, 0.15) is 0 Å². The lowest BCUT2D eigenvalue weighted by atomic mass is 9.99. The first-order valence-electron chi connectivity index (χ1n) is 8.39. The summed E-state index contributed by atoms with van der Waals surface area (Å²) in [4.78, 5) is 18.1. The SMILES string of the molecule is CC1CCN(CC(O)CNC(=O)NC(C)c2ccncc2)CC1. The molecule has 2 atom stereocenters. The number of carbonyl (C=O) groups excluding carboxylic acids is 1. The maximum absolute atomic E-state index is 11.9. The minimum atomic E-state index is -0.537. The molecule has 2 amide bonds. The van der Waals surface area contributed by atoms with E-state index in [1.807, 2.05) is 19.1 Å². The van der Waals surface area contributed by atoms with E-state index in [4.69, 9.17) is 0 Å². The van der Waals surface area contributed by atoms with Crippen LogP contribution in [0.5, 0.6) is 0 Å². The number of β-amino-alcohol motifs (C(OH)–C–C–N with tert-alkyl or cyclic N) is 1. The summed E-state index contributed by atoms with van der Waals surface area (Å²) in [6, 6.07) is 3.38. The molecule has 6 nitrogen and oxygen atoms in total. The van der Waals surface area contributed by atoms with Crippen LogP contribution in [0, 0.1) is 5.92 Å². The molecule has 0 aromatic carbocycles. The molecule has 1 aliphatic rings. The minimum absolute atomic E-state index is 0.0984. The predicted octanol–water partition coefficient (Wildman–Crippen LogP) is 1.53. The van der Waals surface area contributed by atoms with Crippen molar-refractivity contribution in [1.82, 2.24) is 20.5 Å². The van der Waals surface area contributed by atoms with E-state index >= 15 is 0 Å². The van der Waals surface area contributed by atoms with Crippen LogP contribution in [0.3, 0.4) is 0 Å². The molecule has 1 aromatic rings. The zero-order valence-electron chi connectivity index (χ0n) is 14.0. The lowest BCUT2D eigenvalue weighted by Gasteiger charge is -2.31. The van der Waals surface area contributed by atoms with Gasteiger partial charge in [0.25, 0.3) is 0 Å². The van der Waals surface area contributed by atoms with Crippen LogP contribution in [0.4, 0.5) is 4.79 Å². The van der Waals surface area contributed by atoms with Gasteiger partial charge in [-0.15, -0.1) is 0 Å². The number of nitrogens with zero attached hydrogens (tertiary/aromatic N) is 2. The molecule has 6 heteroatoms. The average Bonchev–Trinajstić information content (AvgIpc) is 2.56. The van der Waals surface area contributed by atoms with Gasteiger partial charge < -0.3 is 20.6 Å². The monoisotopic (exact) mass is 320 g/mol. The Morgan fingerprint density at radius 2 is 2.04 bits per heavy atom. The number of piperidine rings is 1. The maximum Gasteiger partial charge on any atom is 0.315 e. The molecule has 23 heavy (non-hydrogen) atoms. The van der Waals surface area contributed by atoms with Gasteiger partial charge in [-0.1, -0.05) is 6.92 Å². The van der Waals surface area contributed by atoms with Crippen molar-refractivity contribution in [2.75, 3.05) is 26.2 Å². The van der Waals surface area contributed by atoms with Gasteiger partial charge in [0.2, 0.25) is 0 Å². The number of amides is 2. The van der Waals surface area contributed by atoms with Crippen LogP contribution in [-0.2, 0) is 0 Å². The number of hydrogen-bond donors (Lipinski definition) is 3. The highest BCUT2D eigenvalue weighted by molar-refractivity contribution is 5.74. The van der Waals surface area contributed by atoms with Gasteiger partial charge >= 0.3 is 6.03 Å². The van der Waals surface area contributed by atoms with Crippen molar-refractivity contribution in [3.63, 3.8) is 0 Å². The van der Waals surface area contributed by atoms with Crippen molar-refractivity contribution in [2.45, 2.75) is 38.8 Å². The van der Waals surface area contributed by atoms with Crippen LogP contribution in [0.25, 0.3) is 0 Å². The largest absolute Gasteiger partial charge is 0.390 e. The summed E-state index contributed by atoms with van der Waals surface area (Å²) in [5.74, 6) is 0.780. The van der Waals surface area contributed by atoms with Crippen molar-refractivity contribution >= 4 is 6.03 Å². The van der Waals surface area contributed by atoms with Crippen LogP contribution in [-0.4, -0.2) is 53.3 Å². The highest BCUT2D eigenvalue weighted by Gasteiger charge is 2.18. The Bertz CT molecular complexity index is 475. The van der Waals surface area contributed by atoms with Crippen molar-refractivity contribution in [3.8, 4) is 0 Å². The zero-order valence-corrected chi connectivity index (χ0v) is 14.0. The molecule has 0 radical (unpaired) electrons. The smallest absolute Gasteiger partial charge is 0.315 e. The normalized spacial score (nSPS) is 19.1. The number of aliphatic hydroxyl groups excluding tert-OH is 1. The van der Waals surface area contributed by atoms with Gasteiger partial charge in [0.15, 0.2) is 0 Å². The van der Waals surface area contributed by atoms with E-state index in [9.17, 15) is 9.90 Å². The second-order valence-electron chi connectivity index (χ2n) is 6.49. The van der Waals surface area contributed by atoms with Crippen LogP contribution >= 0.6 is 0 Å². The van der Waals surface area contributed by atoms with E-state index in [1.165, 1.54) is 12.8 Å². The summed E-state index contributed by atoms with van der Waals surface area (Å²) in [5, 5.41) is 15.7. The van der Waals surface area contributed by atoms with Crippen molar-refractivity contribution < 1.29 is 9.90 Å². The molecule has 0 aliphatic carbocycles. The molecule has 2 rings (SSSR count). The van der Waals surface area contributed by atoms with Crippen LogP contribution in [0.1, 0.15) is 38.3 Å². The minimum Gasteiger partial charge on any atom is -0.390 e. The number of likely N-dealkylation sites (tertiary alicyclic amines) is 1. The fourth-order valence-electron chi connectivity index (χ4n) is 2.80. The molecule has 2 heterocycles. The number of carbonyl (C=O) groups is 1. The number of aromatic nitrogens is 1. The number of aliphatic hydroxyl groups is 1. The Hall–Kier alpha value is -1.66. The number of hydrogen-bond acceptors (Lipinski definition) is 4. The molecule has 1 fully saturated rings. The molecule has 1 aromatic heterocycles. The lowest BCUT2D eigenvalue weighted by molar-refractivity contribution is 0.0919. The summed E-state index contributed by atoms with van der Waals surface area (Å²) in [6.07, 6.45) is 5.24. The predicted molar refractivity (Wildman–Crippen MR) is 90.0 cm³/mol. The molecule has 2 unspecified atom stereocenters. The van der Waals surface area contributed by atoms with Gasteiger partial charge in [-0.2, -0.15) is 0 Å². The summed E-state index contributed by atoms with van der Waals surface area (Å²) in [6.45, 7) is 7.13. The van der Waals surface area contributed by atoms with Crippen LogP contribution in [0.2, 0.25) is 0 Å². The topological polar surface area (TPSA) is 77.5 Å². The van der Waals surface area contributed by atoms with E-state index in [-0.39, 0.29) is 18.6 Å². The molecule has 1 saturated heterocycles. The van der Waals surface area contributed by atoms with Gasteiger partial charge in [-0.3, -0.25) is 4.98 Å². The summed E-state index contributed by atoms with van der Waals surface area (Å²) in [7, 11) is 0.